The highest BCUT2D eigenvalue weighted by molar-refractivity contribution is 5.94. The van der Waals surface area contributed by atoms with E-state index in [-0.39, 0.29) is 23.9 Å². The van der Waals surface area contributed by atoms with Gasteiger partial charge in [-0.1, -0.05) is 0 Å². The first-order valence-corrected chi connectivity index (χ1v) is 8.78. The number of nitrogens with one attached hydrogen (secondary N) is 1. The molecule has 4 rings (SSSR count). The van der Waals surface area contributed by atoms with Crippen molar-refractivity contribution in [3.63, 3.8) is 0 Å². The van der Waals surface area contributed by atoms with Gasteiger partial charge in [-0.05, 0) is 18.6 Å². The summed E-state index contributed by atoms with van der Waals surface area (Å²) in [6.07, 6.45) is 3.10. The second-order valence-corrected chi connectivity index (χ2v) is 6.75. The summed E-state index contributed by atoms with van der Waals surface area (Å²) in [5, 5.41) is 0. The molecule has 0 radical (unpaired) electrons. The van der Waals surface area contributed by atoms with Gasteiger partial charge in [-0.15, -0.1) is 0 Å². The molecule has 0 aliphatic carbocycles. The lowest BCUT2D eigenvalue weighted by Crippen LogP contribution is -2.45. The maximum atomic E-state index is 12.6. The van der Waals surface area contributed by atoms with Crippen LogP contribution in [0.1, 0.15) is 23.3 Å². The largest absolute Gasteiger partial charge is 0.379 e. The van der Waals surface area contributed by atoms with Crippen LogP contribution < -0.4 is 0 Å². The molecule has 0 saturated carbocycles. The lowest BCUT2D eigenvalue weighted by molar-refractivity contribution is -0.129. The minimum absolute atomic E-state index is 0.00956. The Morgan fingerprint density at radius 1 is 1.21 bits per heavy atom. The third-order valence-corrected chi connectivity index (χ3v) is 5.46. The number of nitrogens with zero attached hydrogens (tertiary/aromatic N) is 3. The predicted molar refractivity (Wildman–Crippen MR) is 87.6 cm³/mol. The Bertz CT molecular complexity index is 597. The number of fused-ring (bicyclic) bond motifs is 1. The Hall–Kier alpha value is -1.86. The van der Waals surface area contributed by atoms with Gasteiger partial charge in [0.15, 0.2) is 0 Å². The van der Waals surface area contributed by atoms with Crippen molar-refractivity contribution in [1.82, 2.24) is 19.7 Å². The van der Waals surface area contributed by atoms with Gasteiger partial charge in [0.1, 0.15) is 5.69 Å². The molecule has 1 aromatic heterocycles. The highest BCUT2D eigenvalue weighted by Gasteiger charge is 2.48. The summed E-state index contributed by atoms with van der Waals surface area (Å²) in [6.45, 7) is 5.81. The summed E-state index contributed by atoms with van der Waals surface area (Å²) in [6, 6.07) is 3.83. The topological polar surface area (TPSA) is 68.9 Å². The molecule has 7 heteroatoms. The molecule has 0 aromatic carbocycles. The van der Waals surface area contributed by atoms with Gasteiger partial charge in [-0.25, -0.2) is 0 Å². The molecule has 130 valence electrons. The SMILES string of the molecule is O=C1C[C@H]2[C@@H](CCN2C(=O)c2ccc[nH]2)N1CCN1CCOCC1. The number of morpholine rings is 1. The van der Waals surface area contributed by atoms with E-state index >= 15 is 0 Å². The number of carbonyl (C=O) groups is 2. The van der Waals surface area contributed by atoms with E-state index in [4.69, 9.17) is 4.74 Å². The summed E-state index contributed by atoms with van der Waals surface area (Å²) in [5.74, 6) is 0.192. The minimum Gasteiger partial charge on any atom is -0.379 e. The zero-order valence-electron chi connectivity index (χ0n) is 13.8. The molecule has 1 N–H and O–H groups in total. The van der Waals surface area contributed by atoms with E-state index in [2.05, 4.69) is 9.88 Å². The van der Waals surface area contributed by atoms with Gasteiger partial charge in [-0.2, -0.15) is 0 Å². The van der Waals surface area contributed by atoms with Crippen LogP contribution in [0, 0.1) is 0 Å². The Morgan fingerprint density at radius 2 is 2.04 bits per heavy atom. The quantitative estimate of drug-likeness (QED) is 0.853. The first-order chi connectivity index (χ1) is 11.7. The molecule has 1 aromatic rings. The number of hydrogen-bond donors (Lipinski definition) is 1. The molecule has 24 heavy (non-hydrogen) atoms. The van der Waals surface area contributed by atoms with Gasteiger partial charge in [0, 0.05) is 45.3 Å². The third kappa shape index (κ3) is 2.82. The molecule has 0 unspecified atom stereocenters. The van der Waals surface area contributed by atoms with Crippen molar-refractivity contribution < 1.29 is 14.3 Å². The number of aromatic nitrogens is 1. The van der Waals surface area contributed by atoms with E-state index < -0.39 is 0 Å². The number of amides is 2. The van der Waals surface area contributed by atoms with E-state index in [0.717, 1.165) is 52.4 Å². The second kappa shape index (κ2) is 6.57. The van der Waals surface area contributed by atoms with Crippen LogP contribution in [-0.2, 0) is 9.53 Å². The number of hydrogen-bond acceptors (Lipinski definition) is 4. The highest BCUT2D eigenvalue weighted by Crippen LogP contribution is 2.33. The molecule has 2 atom stereocenters. The number of likely N-dealkylation sites (tertiary alicyclic amines) is 2. The fourth-order valence-corrected chi connectivity index (χ4v) is 4.16. The molecule has 3 aliphatic heterocycles. The lowest BCUT2D eigenvalue weighted by atomic mass is 10.1. The number of rotatable bonds is 4. The van der Waals surface area contributed by atoms with Crippen LogP contribution >= 0.6 is 0 Å². The standard InChI is InChI=1S/C17H24N4O3/c22-16-12-15-14(20(16)7-6-19-8-10-24-11-9-19)3-5-21(15)17(23)13-2-1-4-18-13/h1-2,4,14-15,18H,3,5-12H2/t14-,15+/m1/s1. The normalized spacial score (nSPS) is 27.8. The van der Waals surface area contributed by atoms with E-state index in [0.29, 0.717) is 12.1 Å². The summed E-state index contributed by atoms with van der Waals surface area (Å²) in [4.78, 5) is 34.3. The zero-order chi connectivity index (χ0) is 16.5. The Kier molecular flexibility index (Phi) is 4.28. The molecule has 0 spiro atoms. The van der Waals surface area contributed by atoms with Crippen molar-refractivity contribution in [2.45, 2.75) is 24.9 Å². The minimum atomic E-state index is 0.00956. The fourth-order valence-electron chi connectivity index (χ4n) is 4.16. The van der Waals surface area contributed by atoms with E-state index in [1.807, 2.05) is 15.9 Å². The van der Waals surface area contributed by atoms with Gasteiger partial charge in [0.05, 0.1) is 25.3 Å². The second-order valence-electron chi connectivity index (χ2n) is 6.75. The van der Waals surface area contributed by atoms with E-state index in [1.54, 1.807) is 12.3 Å². The molecular formula is C17H24N4O3. The maximum Gasteiger partial charge on any atom is 0.270 e. The van der Waals surface area contributed by atoms with Crippen molar-refractivity contribution in [1.29, 1.82) is 0 Å². The van der Waals surface area contributed by atoms with Crippen LogP contribution in [0.2, 0.25) is 0 Å². The fraction of sp³-hybridized carbons (Fsp3) is 0.647. The average Bonchev–Trinajstić information content (AvgIpc) is 3.31. The van der Waals surface area contributed by atoms with Gasteiger partial charge < -0.3 is 19.5 Å². The van der Waals surface area contributed by atoms with Gasteiger partial charge in [0.25, 0.3) is 5.91 Å². The average molecular weight is 332 g/mol. The summed E-state index contributed by atoms with van der Waals surface area (Å²) in [5.41, 5.74) is 0.606. The highest BCUT2D eigenvalue weighted by atomic mass is 16.5. The van der Waals surface area contributed by atoms with Crippen LogP contribution in [0.5, 0.6) is 0 Å². The molecule has 0 bridgehead atoms. The molecule has 7 nitrogen and oxygen atoms in total. The van der Waals surface area contributed by atoms with Crippen LogP contribution in [0.4, 0.5) is 0 Å². The Labute approximate surface area is 141 Å². The first-order valence-electron chi connectivity index (χ1n) is 8.78. The molecule has 3 aliphatic rings. The number of aromatic amines is 1. The maximum absolute atomic E-state index is 12.6. The predicted octanol–water partition coefficient (Wildman–Crippen LogP) is 0.162. The summed E-state index contributed by atoms with van der Waals surface area (Å²) >= 11 is 0. The monoisotopic (exact) mass is 332 g/mol. The number of ether oxygens (including phenoxy) is 1. The Morgan fingerprint density at radius 3 is 2.79 bits per heavy atom. The molecule has 4 heterocycles. The van der Waals surface area contributed by atoms with Crippen molar-refractivity contribution in [3.05, 3.63) is 24.0 Å². The number of carbonyl (C=O) groups excluding carboxylic acids is 2. The van der Waals surface area contributed by atoms with Crippen LogP contribution in [0.3, 0.4) is 0 Å². The summed E-state index contributed by atoms with van der Waals surface area (Å²) in [7, 11) is 0. The van der Waals surface area contributed by atoms with Crippen LogP contribution in [0.25, 0.3) is 0 Å². The van der Waals surface area contributed by atoms with Crippen molar-refractivity contribution in [3.8, 4) is 0 Å². The molecule has 3 fully saturated rings. The zero-order valence-corrected chi connectivity index (χ0v) is 13.8. The third-order valence-electron chi connectivity index (χ3n) is 5.46. The number of H-pyrrole nitrogens is 1. The first kappa shape index (κ1) is 15.7. The van der Waals surface area contributed by atoms with Gasteiger partial charge in [0.2, 0.25) is 5.91 Å². The molecule has 3 saturated heterocycles. The van der Waals surface area contributed by atoms with Gasteiger partial charge >= 0.3 is 0 Å². The lowest BCUT2D eigenvalue weighted by Gasteiger charge is -2.30. The van der Waals surface area contributed by atoms with Crippen LogP contribution in [-0.4, -0.2) is 89.5 Å². The van der Waals surface area contributed by atoms with Crippen molar-refractivity contribution in [2.24, 2.45) is 0 Å². The summed E-state index contributed by atoms with van der Waals surface area (Å²) < 4.78 is 5.37. The van der Waals surface area contributed by atoms with Crippen molar-refractivity contribution >= 4 is 11.8 Å². The van der Waals surface area contributed by atoms with Gasteiger partial charge in [-0.3, -0.25) is 14.5 Å². The molecule has 2 amide bonds. The Balaban J connectivity index is 1.39. The molecular weight excluding hydrogens is 308 g/mol. The van der Waals surface area contributed by atoms with E-state index in [1.165, 1.54) is 0 Å². The smallest absolute Gasteiger partial charge is 0.270 e. The van der Waals surface area contributed by atoms with E-state index in [9.17, 15) is 9.59 Å². The van der Waals surface area contributed by atoms with Crippen molar-refractivity contribution in [2.75, 3.05) is 45.9 Å². The van der Waals surface area contributed by atoms with Crippen LogP contribution in [0.15, 0.2) is 18.3 Å².